The lowest BCUT2D eigenvalue weighted by atomic mass is 10.1. The molecule has 0 spiro atoms. The van der Waals surface area contributed by atoms with Crippen molar-refractivity contribution in [2.45, 2.75) is 38.8 Å². The van der Waals surface area contributed by atoms with Gasteiger partial charge in [-0.2, -0.15) is 0 Å². The third-order valence-corrected chi connectivity index (χ3v) is 4.26. The van der Waals surface area contributed by atoms with Gasteiger partial charge < -0.3 is 14.5 Å². The maximum absolute atomic E-state index is 6.13. The first kappa shape index (κ1) is 12.8. The molecule has 0 bridgehead atoms. The minimum Gasteiger partial charge on any atom is -0.489 e. The molecule has 3 rings (SSSR count). The molecule has 0 unspecified atom stereocenters. The van der Waals surface area contributed by atoms with Crippen LogP contribution in [0.5, 0.6) is 5.75 Å². The summed E-state index contributed by atoms with van der Waals surface area (Å²) in [7, 11) is 2.16. The first-order chi connectivity index (χ1) is 9.13. The van der Waals surface area contributed by atoms with Crippen LogP contribution in [0.15, 0.2) is 18.2 Å². The van der Waals surface area contributed by atoms with E-state index < -0.39 is 0 Å². The zero-order chi connectivity index (χ0) is 13.4. The Morgan fingerprint density at radius 2 is 2.11 bits per heavy atom. The highest BCUT2D eigenvalue weighted by atomic mass is 16.5. The summed E-state index contributed by atoms with van der Waals surface area (Å²) in [4.78, 5) is 4.81. The van der Waals surface area contributed by atoms with E-state index in [1.807, 2.05) is 0 Å². The average molecular weight is 260 g/mol. The summed E-state index contributed by atoms with van der Waals surface area (Å²) in [5.74, 6) is 1.03. The molecule has 2 heterocycles. The second kappa shape index (κ2) is 5.04. The van der Waals surface area contributed by atoms with E-state index in [-0.39, 0.29) is 0 Å². The van der Waals surface area contributed by atoms with E-state index >= 15 is 0 Å². The molecule has 2 aliphatic heterocycles. The summed E-state index contributed by atoms with van der Waals surface area (Å²) in [6.45, 7) is 7.85. The molecular formula is C16H24N2O. The molecule has 104 valence electrons. The Bertz CT molecular complexity index is 458. The van der Waals surface area contributed by atoms with Crippen molar-refractivity contribution >= 4 is 5.69 Å². The quantitative estimate of drug-likeness (QED) is 0.830. The number of rotatable bonds is 3. The van der Waals surface area contributed by atoms with Crippen LogP contribution >= 0.6 is 0 Å². The molecule has 1 fully saturated rings. The number of benzene rings is 1. The third-order valence-electron chi connectivity index (χ3n) is 4.26. The second-order valence-electron chi connectivity index (χ2n) is 6.12. The smallest absolute Gasteiger partial charge is 0.121 e. The summed E-state index contributed by atoms with van der Waals surface area (Å²) in [5.41, 5.74) is 2.84. The van der Waals surface area contributed by atoms with Gasteiger partial charge in [0.05, 0.1) is 0 Å². The van der Waals surface area contributed by atoms with E-state index in [1.54, 1.807) is 0 Å². The van der Waals surface area contributed by atoms with E-state index in [2.05, 4.69) is 48.9 Å². The lowest BCUT2D eigenvalue weighted by molar-refractivity contribution is 0.208. The van der Waals surface area contributed by atoms with Crippen LogP contribution in [0.25, 0.3) is 0 Å². The van der Waals surface area contributed by atoms with Crippen LogP contribution in [-0.2, 0) is 6.42 Å². The molecule has 0 aliphatic carbocycles. The van der Waals surface area contributed by atoms with Gasteiger partial charge in [-0.3, -0.25) is 0 Å². The summed E-state index contributed by atoms with van der Waals surface area (Å²) >= 11 is 0. The van der Waals surface area contributed by atoms with Gasteiger partial charge in [0.1, 0.15) is 11.9 Å². The van der Waals surface area contributed by atoms with Crippen LogP contribution in [0.3, 0.4) is 0 Å². The maximum Gasteiger partial charge on any atom is 0.121 e. The molecule has 3 nitrogen and oxygen atoms in total. The maximum atomic E-state index is 6.13. The zero-order valence-corrected chi connectivity index (χ0v) is 12.2. The zero-order valence-electron chi connectivity index (χ0n) is 12.2. The Balaban J connectivity index is 1.75. The third kappa shape index (κ3) is 2.57. The molecule has 0 aromatic heterocycles. The van der Waals surface area contributed by atoms with Gasteiger partial charge in [-0.05, 0) is 45.4 Å². The van der Waals surface area contributed by atoms with Gasteiger partial charge in [-0.25, -0.2) is 0 Å². The molecule has 19 heavy (non-hydrogen) atoms. The molecule has 1 aromatic rings. The SMILES string of the molecule is CC(C)N1CCc2ccc(O[C@@H]3CCN(C)C3)cc21. The first-order valence-corrected chi connectivity index (χ1v) is 7.38. The fourth-order valence-electron chi connectivity index (χ4n) is 3.18. The van der Waals surface area contributed by atoms with Gasteiger partial charge in [-0.15, -0.1) is 0 Å². The van der Waals surface area contributed by atoms with E-state index in [0.717, 1.165) is 31.8 Å². The Hall–Kier alpha value is -1.22. The van der Waals surface area contributed by atoms with Crippen molar-refractivity contribution in [1.82, 2.24) is 4.90 Å². The highest BCUT2D eigenvalue weighted by molar-refractivity contribution is 5.61. The number of fused-ring (bicyclic) bond motifs is 1. The second-order valence-corrected chi connectivity index (χ2v) is 6.12. The van der Waals surface area contributed by atoms with Crippen LogP contribution in [0, 0.1) is 0 Å². The summed E-state index contributed by atoms with van der Waals surface area (Å²) < 4.78 is 6.13. The average Bonchev–Trinajstić information content (AvgIpc) is 2.95. The molecule has 0 radical (unpaired) electrons. The van der Waals surface area contributed by atoms with Crippen LogP contribution in [-0.4, -0.2) is 43.7 Å². The number of anilines is 1. The van der Waals surface area contributed by atoms with E-state index in [9.17, 15) is 0 Å². The molecule has 0 amide bonds. The van der Waals surface area contributed by atoms with Crippen molar-refractivity contribution in [2.75, 3.05) is 31.6 Å². The number of likely N-dealkylation sites (N-methyl/N-ethyl adjacent to an activating group) is 1. The minimum absolute atomic E-state index is 0.358. The van der Waals surface area contributed by atoms with Crippen LogP contribution < -0.4 is 9.64 Å². The topological polar surface area (TPSA) is 15.7 Å². The highest BCUT2D eigenvalue weighted by Gasteiger charge is 2.24. The Kier molecular flexibility index (Phi) is 3.40. The molecule has 1 aromatic carbocycles. The lowest BCUT2D eigenvalue weighted by Gasteiger charge is -2.24. The predicted octanol–water partition coefficient (Wildman–Crippen LogP) is 2.54. The van der Waals surface area contributed by atoms with Crippen molar-refractivity contribution < 1.29 is 4.74 Å². The summed E-state index contributed by atoms with van der Waals surface area (Å²) in [6.07, 6.45) is 2.67. The van der Waals surface area contributed by atoms with Gasteiger partial charge in [0.2, 0.25) is 0 Å². The Labute approximate surface area is 116 Å². The number of hydrogen-bond acceptors (Lipinski definition) is 3. The molecule has 1 atom stereocenters. The van der Waals surface area contributed by atoms with Gasteiger partial charge in [0.15, 0.2) is 0 Å². The van der Waals surface area contributed by atoms with E-state index in [4.69, 9.17) is 4.74 Å². The standard InChI is InChI=1S/C16H24N2O/c1-12(2)18-9-6-13-4-5-14(10-16(13)18)19-15-7-8-17(3)11-15/h4-5,10,12,15H,6-9,11H2,1-3H3/t15-/m1/s1. The highest BCUT2D eigenvalue weighted by Crippen LogP contribution is 2.33. The summed E-state index contributed by atoms with van der Waals surface area (Å²) in [6, 6.07) is 7.18. The van der Waals surface area contributed by atoms with Gasteiger partial charge in [0, 0.05) is 37.4 Å². The fourth-order valence-corrected chi connectivity index (χ4v) is 3.18. The van der Waals surface area contributed by atoms with Gasteiger partial charge >= 0.3 is 0 Å². The minimum atomic E-state index is 0.358. The van der Waals surface area contributed by atoms with Crippen LogP contribution in [0.2, 0.25) is 0 Å². The predicted molar refractivity (Wildman–Crippen MR) is 79.2 cm³/mol. The number of nitrogens with zero attached hydrogens (tertiary/aromatic N) is 2. The first-order valence-electron chi connectivity index (χ1n) is 7.38. The molecule has 0 N–H and O–H groups in total. The number of ether oxygens (including phenoxy) is 1. The van der Waals surface area contributed by atoms with Gasteiger partial charge in [0.25, 0.3) is 0 Å². The van der Waals surface area contributed by atoms with Crippen molar-refractivity contribution in [3.05, 3.63) is 23.8 Å². The fraction of sp³-hybridized carbons (Fsp3) is 0.625. The Morgan fingerprint density at radius 3 is 2.79 bits per heavy atom. The summed E-state index contributed by atoms with van der Waals surface area (Å²) in [5, 5.41) is 0. The molecule has 1 saturated heterocycles. The molecule has 0 saturated carbocycles. The normalized spacial score (nSPS) is 23.2. The van der Waals surface area contributed by atoms with Crippen LogP contribution in [0.4, 0.5) is 5.69 Å². The van der Waals surface area contributed by atoms with Crippen molar-refractivity contribution in [2.24, 2.45) is 0 Å². The van der Waals surface area contributed by atoms with E-state index in [0.29, 0.717) is 12.1 Å². The van der Waals surface area contributed by atoms with Crippen molar-refractivity contribution in [3.63, 3.8) is 0 Å². The molecule has 2 aliphatic rings. The monoisotopic (exact) mass is 260 g/mol. The largest absolute Gasteiger partial charge is 0.489 e. The lowest BCUT2D eigenvalue weighted by Crippen LogP contribution is -2.28. The van der Waals surface area contributed by atoms with Crippen molar-refractivity contribution in [3.8, 4) is 5.75 Å². The van der Waals surface area contributed by atoms with Crippen LogP contribution in [0.1, 0.15) is 25.8 Å². The van der Waals surface area contributed by atoms with Crippen molar-refractivity contribution in [1.29, 1.82) is 0 Å². The number of hydrogen-bond donors (Lipinski definition) is 0. The molecule has 3 heteroatoms. The molecular weight excluding hydrogens is 236 g/mol. The number of likely N-dealkylation sites (tertiary alicyclic amines) is 1. The van der Waals surface area contributed by atoms with E-state index in [1.165, 1.54) is 17.7 Å². The Morgan fingerprint density at radius 1 is 1.26 bits per heavy atom. The van der Waals surface area contributed by atoms with Gasteiger partial charge in [-0.1, -0.05) is 6.07 Å².